The van der Waals surface area contributed by atoms with Crippen LogP contribution >= 0.6 is 24.8 Å². The van der Waals surface area contributed by atoms with Crippen LogP contribution in [0.25, 0.3) is 43.8 Å². The fourth-order valence-corrected chi connectivity index (χ4v) is 4.98. The van der Waals surface area contributed by atoms with E-state index in [-0.39, 0.29) is 24.8 Å². The van der Waals surface area contributed by atoms with Crippen molar-refractivity contribution in [3.8, 4) is 22.3 Å². The molecule has 0 aliphatic carbocycles. The number of aryl methyl sites for hydroxylation is 3. The zero-order chi connectivity index (χ0) is 29.0. The Balaban J connectivity index is 0.000000228. The Morgan fingerprint density at radius 3 is 1.26 bits per heavy atom. The van der Waals surface area contributed by atoms with Gasteiger partial charge in [-0.25, -0.2) is 0 Å². The first-order valence-electron chi connectivity index (χ1n) is 13.7. The molecular weight excluding hydrogens is 659 g/mol. The third kappa shape index (κ3) is 10.0. The van der Waals surface area contributed by atoms with Crippen LogP contribution in [0.3, 0.4) is 0 Å². The first-order chi connectivity index (χ1) is 20.1. The third-order valence-electron chi connectivity index (χ3n) is 6.84. The molecular formula is C39H35Cl2SiZr-3. The molecule has 0 N–H and O–H groups in total. The molecule has 0 atom stereocenters. The predicted molar refractivity (Wildman–Crippen MR) is 190 cm³/mol. The molecule has 43 heavy (non-hydrogen) atoms. The van der Waals surface area contributed by atoms with E-state index in [2.05, 4.69) is 155 Å². The van der Waals surface area contributed by atoms with Gasteiger partial charge in [-0.3, -0.25) is 0 Å². The molecule has 0 aromatic heterocycles. The molecule has 0 saturated heterocycles. The average Bonchev–Trinajstić information content (AvgIpc) is 3.60. The summed E-state index contributed by atoms with van der Waals surface area (Å²) in [6.45, 7) is 9.42. The van der Waals surface area contributed by atoms with Gasteiger partial charge in [0, 0.05) is 0 Å². The normalized spacial score (nSPS) is 9.53. The van der Waals surface area contributed by atoms with Gasteiger partial charge in [-0.1, -0.05) is 105 Å². The van der Waals surface area contributed by atoms with Crippen LogP contribution in [0.4, 0.5) is 0 Å². The van der Waals surface area contributed by atoms with Crippen LogP contribution in [-0.4, -0.2) is 6.88 Å². The van der Waals surface area contributed by atoms with Gasteiger partial charge in [0.1, 0.15) is 0 Å². The van der Waals surface area contributed by atoms with Crippen molar-refractivity contribution in [3.63, 3.8) is 0 Å². The summed E-state index contributed by atoms with van der Waals surface area (Å²) < 4.78 is 0. The summed E-state index contributed by atoms with van der Waals surface area (Å²) in [6.07, 6.45) is 0. The number of fused-ring (bicyclic) bond motifs is 2. The Morgan fingerprint density at radius 2 is 0.907 bits per heavy atom. The van der Waals surface area contributed by atoms with E-state index < -0.39 is 0 Å². The van der Waals surface area contributed by atoms with Crippen LogP contribution in [0.1, 0.15) is 16.7 Å². The second-order valence-corrected chi connectivity index (χ2v) is 9.99. The fraction of sp³-hybridized carbons (Fsp3) is 0.0769. The topological polar surface area (TPSA) is 0 Å². The van der Waals surface area contributed by atoms with Gasteiger partial charge < -0.3 is 0 Å². The maximum atomic E-state index is 3.06. The Bertz CT molecular complexity index is 1670. The van der Waals surface area contributed by atoms with Crippen molar-refractivity contribution in [1.82, 2.24) is 0 Å². The molecule has 0 saturated carbocycles. The number of benzene rings is 5. The molecule has 0 nitrogen and oxygen atoms in total. The van der Waals surface area contributed by atoms with E-state index in [9.17, 15) is 0 Å². The Kier molecular flexibility index (Phi) is 15.7. The Hall–Kier alpha value is -3.00. The van der Waals surface area contributed by atoms with Gasteiger partial charge in [0.25, 0.3) is 0 Å². The molecule has 7 aromatic rings. The molecule has 0 spiro atoms. The van der Waals surface area contributed by atoms with E-state index in [0.717, 1.165) is 0 Å². The summed E-state index contributed by atoms with van der Waals surface area (Å²) in [4.78, 5) is 0. The van der Waals surface area contributed by atoms with Crippen LogP contribution in [0.2, 0.25) is 0 Å². The summed E-state index contributed by atoms with van der Waals surface area (Å²) in [5, 5.41) is 5.37. The van der Waals surface area contributed by atoms with Crippen LogP contribution in [-0.2, 0) is 23.3 Å². The zero-order valence-electron chi connectivity index (χ0n) is 24.7. The van der Waals surface area contributed by atoms with Crippen molar-refractivity contribution in [2.45, 2.75) is 20.8 Å². The summed E-state index contributed by atoms with van der Waals surface area (Å²) in [5.74, 6) is 0. The van der Waals surface area contributed by atoms with Crippen LogP contribution in [0.15, 0.2) is 146 Å². The SMILES string of the molecule is Cc1cc2c(-c3ccccc3)cccc2[cH-]1.Cc1cc2c(-c3ccccc3)cccc2[cH-]1.Cc1cc[c-]cc1.Cl.Cl.[Si]=[Zr]. The first kappa shape index (κ1) is 36.2. The molecule has 0 fully saturated rings. The minimum atomic E-state index is 0. The Labute approximate surface area is 285 Å². The zero-order valence-corrected chi connectivity index (χ0v) is 29.8. The summed E-state index contributed by atoms with van der Waals surface area (Å²) in [6, 6.07) is 53.9. The van der Waals surface area contributed by atoms with E-state index in [1.807, 2.05) is 24.3 Å². The molecule has 7 rings (SSSR count). The third-order valence-corrected chi connectivity index (χ3v) is 6.84. The van der Waals surface area contributed by atoms with E-state index in [1.54, 1.807) is 0 Å². The molecule has 0 unspecified atom stereocenters. The van der Waals surface area contributed by atoms with Crippen molar-refractivity contribution in [1.29, 1.82) is 0 Å². The van der Waals surface area contributed by atoms with Crippen molar-refractivity contribution in [2.75, 3.05) is 0 Å². The predicted octanol–water partition coefficient (Wildman–Crippen LogP) is 11.3. The van der Waals surface area contributed by atoms with Gasteiger partial charge >= 0.3 is 30.2 Å². The summed E-state index contributed by atoms with van der Waals surface area (Å²) in [5.41, 5.74) is 9.19. The van der Waals surface area contributed by atoms with E-state index >= 15 is 0 Å². The summed E-state index contributed by atoms with van der Waals surface area (Å²) >= 11 is 1.36. The quantitative estimate of drug-likeness (QED) is 0.125. The summed E-state index contributed by atoms with van der Waals surface area (Å²) in [7, 11) is 0. The molecule has 7 aromatic carbocycles. The van der Waals surface area contributed by atoms with Gasteiger partial charge in [-0.2, -0.15) is 48.0 Å². The molecule has 0 bridgehead atoms. The number of hydrogen-bond acceptors (Lipinski definition) is 0. The van der Waals surface area contributed by atoms with Crippen molar-refractivity contribution in [2.24, 2.45) is 0 Å². The molecule has 216 valence electrons. The average molecular weight is 694 g/mol. The first-order valence-corrected chi connectivity index (χ1v) is 17.9. The van der Waals surface area contributed by atoms with Crippen molar-refractivity contribution in [3.05, 3.63) is 168 Å². The van der Waals surface area contributed by atoms with Gasteiger partial charge in [0.15, 0.2) is 0 Å². The molecule has 4 heteroatoms. The molecule has 0 amide bonds. The fourth-order valence-electron chi connectivity index (χ4n) is 4.98. The second-order valence-electron chi connectivity index (χ2n) is 9.99. The second kappa shape index (κ2) is 18.6. The van der Waals surface area contributed by atoms with Crippen molar-refractivity contribution >= 4 is 53.2 Å². The van der Waals surface area contributed by atoms with Gasteiger partial charge in [0.2, 0.25) is 0 Å². The van der Waals surface area contributed by atoms with E-state index in [0.29, 0.717) is 0 Å². The molecule has 2 radical (unpaired) electrons. The monoisotopic (exact) mass is 691 g/mol. The number of rotatable bonds is 2. The van der Waals surface area contributed by atoms with Crippen LogP contribution in [0.5, 0.6) is 0 Å². The minimum absolute atomic E-state index is 0. The van der Waals surface area contributed by atoms with Gasteiger partial charge in [-0.15, -0.1) is 93.9 Å². The number of halogens is 2. The van der Waals surface area contributed by atoms with E-state index in [4.69, 9.17) is 0 Å². The van der Waals surface area contributed by atoms with E-state index in [1.165, 1.54) is 83.8 Å². The number of hydrogen-bond donors (Lipinski definition) is 0. The Morgan fingerprint density at radius 1 is 0.512 bits per heavy atom. The van der Waals surface area contributed by atoms with Crippen molar-refractivity contribution < 1.29 is 23.3 Å². The molecule has 0 heterocycles. The standard InChI is InChI=1S/2C16H13.C7H7.2ClH.Si.Zr/c2*1-12-10-14-8-5-9-15(16(14)11-12)13-6-3-2-4-7-13;1-7-5-3-2-4-6-7;;;;/h2*2-11H,1H3;3-6H,1H3;2*1H;;/q3*-1;;;;. The van der Waals surface area contributed by atoms with Gasteiger partial charge in [-0.05, 0) is 11.1 Å². The van der Waals surface area contributed by atoms with Crippen LogP contribution < -0.4 is 0 Å². The van der Waals surface area contributed by atoms with Crippen LogP contribution in [0, 0.1) is 26.8 Å². The van der Waals surface area contributed by atoms with Gasteiger partial charge in [0.05, 0.1) is 0 Å². The maximum absolute atomic E-state index is 3.06. The molecule has 0 aliphatic heterocycles. The molecule has 0 aliphatic rings.